The van der Waals surface area contributed by atoms with Crippen molar-refractivity contribution in [3.63, 3.8) is 0 Å². The number of hydrogen-bond acceptors (Lipinski definition) is 3. The van der Waals surface area contributed by atoms with Gasteiger partial charge < -0.3 is 9.80 Å². The second-order valence-corrected chi connectivity index (χ2v) is 7.39. The van der Waals surface area contributed by atoms with E-state index in [1.165, 1.54) is 24.1 Å². The molecule has 3 rings (SSSR count). The Labute approximate surface area is 146 Å². The van der Waals surface area contributed by atoms with Crippen LogP contribution in [0.4, 0.5) is 5.69 Å². The molecule has 1 aliphatic heterocycles. The van der Waals surface area contributed by atoms with Crippen LogP contribution in [0.2, 0.25) is 0 Å². The largest absolute Gasteiger partial charge is 0.368 e. The van der Waals surface area contributed by atoms with Crippen LogP contribution in [-0.2, 0) is 4.79 Å². The minimum Gasteiger partial charge on any atom is -0.368 e. The Morgan fingerprint density at radius 2 is 1.96 bits per heavy atom. The highest BCUT2D eigenvalue weighted by atomic mass is 16.2. The summed E-state index contributed by atoms with van der Waals surface area (Å²) < 4.78 is 0. The zero-order valence-electron chi connectivity index (χ0n) is 15.2. The predicted octanol–water partition coefficient (Wildman–Crippen LogP) is 2.77. The SMILES string of the molecule is CCCN(CC(=O)N1CCN(c2cccc(C)c2)CC1)CC1CC1. The average Bonchev–Trinajstić information content (AvgIpc) is 3.39. The van der Waals surface area contributed by atoms with E-state index in [1.807, 2.05) is 0 Å². The third kappa shape index (κ3) is 4.73. The summed E-state index contributed by atoms with van der Waals surface area (Å²) in [4.78, 5) is 19.5. The van der Waals surface area contributed by atoms with Gasteiger partial charge in [0, 0.05) is 38.4 Å². The van der Waals surface area contributed by atoms with Crippen LogP contribution in [0.5, 0.6) is 0 Å². The van der Waals surface area contributed by atoms with E-state index in [2.05, 4.69) is 52.8 Å². The number of amides is 1. The Balaban J connectivity index is 1.48. The monoisotopic (exact) mass is 329 g/mol. The Morgan fingerprint density at radius 1 is 1.21 bits per heavy atom. The first kappa shape index (κ1) is 17.3. The van der Waals surface area contributed by atoms with Gasteiger partial charge in [0.1, 0.15) is 0 Å². The van der Waals surface area contributed by atoms with Gasteiger partial charge in [-0.2, -0.15) is 0 Å². The molecule has 4 heteroatoms. The van der Waals surface area contributed by atoms with Crippen molar-refractivity contribution in [3.8, 4) is 0 Å². The molecule has 1 amide bonds. The van der Waals surface area contributed by atoms with E-state index in [-0.39, 0.29) is 0 Å². The fraction of sp³-hybridized carbons (Fsp3) is 0.650. The lowest BCUT2D eigenvalue weighted by molar-refractivity contribution is -0.132. The number of anilines is 1. The maximum atomic E-state index is 12.6. The number of piperazine rings is 1. The summed E-state index contributed by atoms with van der Waals surface area (Å²) in [5, 5.41) is 0. The molecule has 2 aliphatic rings. The van der Waals surface area contributed by atoms with Gasteiger partial charge in [0.2, 0.25) is 5.91 Å². The van der Waals surface area contributed by atoms with Crippen LogP contribution in [0.15, 0.2) is 24.3 Å². The summed E-state index contributed by atoms with van der Waals surface area (Å²) in [6, 6.07) is 8.65. The summed E-state index contributed by atoms with van der Waals surface area (Å²) in [6.07, 6.45) is 3.83. The summed E-state index contributed by atoms with van der Waals surface area (Å²) in [5.74, 6) is 1.16. The van der Waals surface area contributed by atoms with E-state index in [0.717, 1.165) is 51.6 Å². The van der Waals surface area contributed by atoms with Gasteiger partial charge in [-0.1, -0.05) is 19.1 Å². The van der Waals surface area contributed by atoms with Crippen molar-refractivity contribution >= 4 is 11.6 Å². The second-order valence-electron chi connectivity index (χ2n) is 7.39. The molecule has 1 saturated carbocycles. The number of carbonyl (C=O) groups excluding carboxylic acids is 1. The molecule has 0 aromatic heterocycles. The number of aryl methyl sites for hydroxylation is 1. The highest BCUT2D eigenvalue weighted by Gasteiger charge is 2.27. The van der Waals surface area contributed by atoms with E-state index in [9.17, 15) is 4.79 Å². The lowest BCUT2D eigenvalue weighted by Crippen LogP contribution is -2.51. The van der Waals surface area contributed by atoms with E-state index in [4.69, 9.17) is 0 Å². The minimum atomic E-state index is 0.313. The second kappa shape index (κ2) is 8.02. The van der Waals surface area contributed by atoms with Crippen LogP contribution in [0.3, 0.4) is 0 Å². The van der Waals surface area contributed by atoms with Crippen molar-refractivity contribution in [2.45, 2.75) is 33.1 Å². The number of hydrogen-bond donors (Lipinski definition) is 0. The van der Waals surface area contributed by atoms with Crippen LogP contribution >= 0.6 is 0 Å². The molecular formula is C20H31N3O. The summed E-state index contributed by atoms with van der Waals surface area (Å²) in [5.41, 5.74) is 2.57. The first-order valence-electron chi connectivity index (χ1n) is 9.47. The molecule has 1 aromatic rings. The number of carbonyl (C=O) groups is 1. The Morgan fingerprint density at radius 3 is 2.58 bits per heavy atom. The van der Waals surface area contributed by atoms with Gasteiger partial charge in [0.05, 0.1) is 6.54 Å². The van der Waals surface area contributed by atoms with Crippen molar-refractivity contribution in [3.05, 3.63) is 29.8 Å². The average molecular weight is 329 g/mol. The minimum absolute atomic E-state index is 0.313. The third-order valence-corrected chi connectivity index (χ3v) is 5.11. The van der Waals surface area contributed by atoms with Gasteiger partial charge in [-0.25, -0.2) is 0 Å². The van der Waals surface area contributed by atoms with Crippen LogP contribution in [-0.4, -0.2) is 61.5 Å². The van der Waals surface area contributed by atoms with Crippen molar-refractivity contribution in [2.75, 3.05) is 50.7 Å². The Hall–Kier alpha value is -1.55. The highest BCUT2D eigenvalue weighted by molar-refractivity contribution is 5.78. The first-order valence-corrected chi connectivity index (χ1v) is 9.47. The number of benzene rings is 1. The molecule has 1 aromatic carbocycles. The molecule has 0 spiro atoms. The lowest BCUT2D eigenvalue weighted by atomic mass is 10.2. The standard InChI is InChI=1S/C20H31N3O/c1-3-9-21(15-18-7-8-18)16-20(24)23-12-10-22(11-13-23)19-6-4-5-17(2)14-19/h4-6,14,18H,3,7-13,15-16H2,1-2H3. The molecule has 0 atom stereocenters. The highest BCUT2D eigenvalue weighted by Crippen LogP contribution is 2.29. The normalized spacial score (nSPS) is 18.3. The maximum Gasteiger partial charge on any atom is 0.236 e. The third-order valence-electron chi connectivity index (χ3n) is 5.11. The van der Waals surface area contributed by atoms with Crippen LogP contribution in [0, 0.1) is 12.8 Å². The molecule has 0 radical (unpaired) electrons. The molecule has 132 valence electrons. The molecule has 0 bridgehead atoms. The van der Waals surface area contributed by atoms with Gasteiger partial charge in [0.25, 0.3) is 0 Å². The van der Waals surface area contributed by atoms with Gasteiger partial charge in [-0.05, 0) is 56.3 Å². The fourth-order valence-electron chi connectivity index (χ4n) is 3.55. The molecule has 0 unspecified atom stereocenters. The van der Waals surface area contributed by atoms with Crippen molar-refractivity contribution in [1.82, 2.24) is 9.80 Å². The van der Waals surface area contributed by atoms with E-state index < -0.39 is 0 Å². The van der Waals surface area contributed by atoms with Gasteiger partial charge >= 0.3 is 0 Å². The molecular weight excluding hydrogens is 298 g/mol. The van der Waals surface area contributed by atoms with E-state index in [0.29, 0.717) is 12.5 Å². The summed E-state index contributed by atoms with van der Waals surface area (Å²) >= 11 is 0. The Bertz CT molecular complexity index is 548. The molecule has 0 N–H and O–H groups in total. The van der Waals surface area contributed by atoms with Crippen LogP contribution in [0.1, 0.15) is 31.7 Å². The molecule has 1 heterocycles. The van der Waals surface area contributed by atoms with E-state index >= 15 is 0 Å². The molecule has 4 nitrogen and oxygen atoms in total. The molecule has 24 heavy (non-hydrogen) atoms. The van der Waals surface area contributed by atoms with Gasteiger partial charge in [-0.15, -0.1) is 0 Å². The van der Waals surface area contributed by atoms with Gasteiger partial charge in [-0.3, -0.25) is 9.69 Å². The molecule has 2 fully saturated rings. The lowest BCUT2D eigenvalue weighted by Gasteiger charge is -2.37. The maximum absolute atomic E-state index is 12.6. The first-order chi connectivity index (χ1) is 11.7. The van der Waals surface area contributed by atoms with Gasteiger partial charge in [0.15, 0.2) is 0 Å². The Kier molecular flexibility index (Phi) is 5.77. The summed E-state index contributed by atoms with van der Waals surface area (Å²) in [7, 11) is 0. The van der Waals surface area contributed by atoms with Crippen LogP contribution < -0.4 is 4.90 Å². The van der Waals surface area contributed by atoms with Crippen LogP contribution in [0.25, 0.3) is 0 Å². The smallest absolute Gasteiger partial charge is 0.236 e. The predicted molar refractivity (Wildman–Crippen MR) is 99.4 cm³/mol. The quantitative estimate of drug-likeness (QED) is 0.770. The van der Waals surface area contributed by atoms with Crippen molar-refractivity contribution in [2.24, 2.45) is 5.92 Å². The zero-order valence-corrected chi connectivity index (χ0v) is 15.2. The zero-order chi connectivity index (χ0) is 16.9. The molecule has 1 aliphatic carbocycles. The molecule has 1 saturated heterocycles. The summed E-state index contributed by atoms with van der Waals surface area (Å²) in [6.45, 7) is 10.7. The fourth-order valence-corrected chi connectivity index (χ4v) is 3.55. The number of nitrogens with zero attached hydrogens (tertiary/aromatic N) is 3. The van der Waals surface area contributed by atoms with Crippen molar-refractivity contribution < 1.29 is 4.79 Å². The van der Waals surface area contributed by atoms with Crippen molar-refractivity contribution in [1.29, 1.82) is 0 Å². The topological polar surface area (TPSA) is 26.8 Å². The van der Waals surface area contributed by atoms with E-state index in [1.54, 1.807) is 0 Å². The number of rotatable bonds is 7.